The molecular weight excluding hydrogens is 228 g/mol. The van der Waals surface area contributed by atoms with Gasteiger partial charge in [-0.1, -0.05) is 0 Å². The lowest BCUT2D eigenvalue weighted by atomic mass is 10.1. The smallest absolute Gasteiger partial charge is 0.255 e. The Morgan fingerprint density at radius 2 is 2.11 bits per heavy atom. The number of benzene rings is 1. The molecule has 0 atom stereocenters. The molecule has 0 aliphatic rings. The Balaban J connectivity index is 2.62. The van der Waals surface area contributed by atoms with Crippen molar-refractivity contribution < 1.29 is 4.79 Å². The summed E-state index contributed by atoms with van der Waals surface area (Å²) >= 11 is 0. The average molecular weight is 244 g/mol. The SMILES string of the molecule is Cc1nccn1-c1cc(N)ccc1C(=O)N(C)C. The molecule has 5 heteroatoms. The van der Waals surface area contributed by atoms with Crippen LogP contribution < -0.4 is 5.73 Å². The molecule has 94 valence electrons. The van der Waals surface area contributed by atoms with Gasteiger partial charge in [0.1, 0.15) is 5.82 Å². The Kier molecular flexibility index (Phi) is 3.06. The highest BCUT2D eigenvalue weighted by atomic mass is 16.2. The van der Waals surface area contributed by atoms with Crippen molar-refractivity contribution in [2.75, 3.05) is 19.8 Å². The van der Waals surface area contributed by atoms with Gasteiger partial charge in [-0.25, -0.2) is 4.98 Å². The third-order valence-corrected chi connectivity index (χ3v) is 2.74. The summed E-state index contributed by atoms with van der Waals surface area (Å²) in [6, 6.07) is 5.25. The fourth-order valence-electron chi connectivity index (χ4n) is 1.80. The van der Waals surface area contributed by atoms with Crippen LogP contribution in [0.5, 0.6) is 0 Å². The second-order valence-corrected chi connectivity index (χ2v) is 4.32. The van der Waals surface area contributed by atoms with E-state index in [2.05, 4.69) is 4.98 Å². The molecule has 18 heavy (non-hydrogen) atoms. The van der Waals surface area contributed by atoms with Crippen LogP contribution in [-0.2, 0) is 0 Å². The van der Waals surface area contributed by atoms with Crippen molar-refractivity contribution in [1.29, 1.82) is 0 Å². The number of aromatic nitrogens is 2. The van der Waals surface area contributed by atoms with Gasteiger partial charge in [0.25, 0.3) is 5.91 Å². The molecule has 1 amide bonds. The van der Waals surface area contributed by atoms with E-state index in [-0.39, 0.29) is 5.91 Å². The number of rotatable bonds is 2. The van der Waals surface area contributed by atoms with Crippen LogP contribution in [0.25, 0.3) is 5.69 Å². The standard InChI is InChI=1S/C13H16N4O/c1-9-15-6-7-17(9)12-8-10(14)4-5-11(12)13(18)16(2)3/h4-8H,14H2,1-3H3. The third kappa shape index (κ3) is 2.07. The molecular formula is C13H16N4O. The number of hydrogen-bond donors (Lipinski definition) is 1. The van der Waals surface area contributed by atoms with Crippen LogP contribution in [0.4, 0.5) is 5.69 Å². The van der Waals surface area contributed by atoms with Crippen molar-refractivity contribution in [2.24, 2.45) is 0 Å². The van der Waals surface area contributed by atoms with E-state index >= 15 is 0 Å². The molecule has 0 aliphatic heterocycles. The van der Waals surface area contributed by atoms with Crippen molar-refractivity contribution in [1.82, 2.24) is 14.5 Å². The van der Waals surface area contributed by atoms with Gasteiger partial charge in [-0.2, -0.15) is 0 Å². The molecule has 1 aromatic carbocycles. The molecule has 1 heterocycles. The van der Waals surface area contributed by atoms with Gasteiger partial charge in [0, 0.05) is 32.2 Å². The molecule has 0 saturated carbocycles. The molecule has 0 unspecified atom stereocenters. The average Bonchev–Trinajstić information content (AvgIpc) is 2.74. The molecule has 0 radical (unpaired) electrons. The van der Waals surface area contributed by atoms with E-state index in [1.807, 2.05) is 17.7 Å². The van der Waals surface area contributed by atoms with Gasteiger partial charge in [0.15, 0.2) is 0 Å². The fraction of sp³-hybridized carbons (Fsp3) is 0.231. The summed E-state index contributed by atoms with van der Waals surface area (Å²) in [6.07, 6.45) is 3.51. The van der Waals surface area contributed by atoms with Gasteiger partial charge in [-0.05, 0) is 25.1 Å². The highest BCUT2D eigenvalue weighted by Crippen LogP contribution is 2.20. The van der Waals surface area contributed by atoms with Crippen LogP contribution in [0.1, 0.15) is 16.2 Å². The first-order valence-electron chi connectivity index (χ1n) is 5.62. The Bertz CT molecular complexity index is 586. The quantitative estimate of drug-likeness (QED) is 0.813. The summed E-state index contributed by atoms with van der Waals surface area (Å²) in [5.41, 5.74) is 7.78. The van der Waals surface area contributed by atoms with E-state index in [1.54, 1.807) is 43.4 Å². The van der Waals surface area contributed by atoms with Crippen molar-refractivity contribution in [2.45, 2.75) is 6.92 Å². The number of carbonyl (C=O) groups is 1. The second-order valence-electron chi connectivity index (χ2n) is 4.32. The van der Waals surface area contributed by atoms with E-state index in [4.69, 9.17) is 5.73 Å². The Hall–Kier alpha value is -2.30. The zero-order valence-corrected chi connectivity index (χ0v) is 10.7. The van der Waals surface area contributed by atoms with Crippen molar-refractivity contribution in [3.05, 3.63) is 42.0 Å². The van der Waals surface area contributed by atoms with Crippen LogP contribution in [0.3, 0.4) is 0 Å². The van der Waals surface area contributed by atoms with E-state index in [9.17, 15) is 4.79 Å². The normalized spacial score (nSPS) is 10.4. The molecule has 5 nitrogen and oxygen atoms in total. The van der Waals surface area contributed by atoms with Crippen LogP contribution in [0.2, 0.25) is 0 Å². The maximum atomic E-state index is 12.1. The summed E-state index contributed by atoms with van der Waals surface area (Å²) in [5.74, 6) is 0.756. The Labute approximate surface area is 106 Å². The highest BCUT2D eigenvalue weighted by Gasteiger charge is 2.15. The van der Waals surface area contributed by atoms with Crippen LogP contribution in [0, 0.1) is 6.92 Å². The molecule has 0 saturated heterocycles. The molecule has 2 N–H and O–H groups in total. The zero-order valence-electron chi connectivity index (χ0n) is 10.7. The lowest BCUT2D eigenvalue weighted by molar-refractivity contribution is 0.0827. The van der Waals surface area contributed by atoms with Crippen molar-refractivity contribution in [3.8, 4) is 5.69 Å². The number of hydrogen-bond acceptors (Lipinski definition) is 3. The van der Waals surface area contributed by atoms with Gasteiger partial charge >= 0.3 is 0 Å². The first kappa shape index (κ1) is 12.2. The number of nitrogens with two attached hydrogens (primary N) is 1. The van der Waals surface area contributed by atoms with E-state index in [0.29, 0.717) is 11.3 Å². The number of nitrogens with zero attached hydrogens (tertiary/aromatic N) is 3. The van der Waals surface area contributed by atoms with Gasteiger partial charge in [-0.3, -0.25) is 4.79 Å². The predicted octanol–water partition coefficient (Wildman–Crippen LogP) is 1.46. The van der Waals surface area contributed by atoms with Crippen LogP contribution >= 0.6 is 0 Å². The maximum Gasteiger partial charge on any atom is 0.255 e. The molecule has 0 aliphatic carbocycles. The fourth-order valence-corrected chi connectivity index (χ4v) is 1.80. The molecule has 2 aromatic rings. The van der Waals surface area contributed by atoms with Gasteiger partial charge < -0.3 is 15.2 Å². The van der Waals surface area contributed by atoms with Crippen molar-refractivity contribution >= 4 is 11.6 Å². The summed E-state index contributed by atoms with van der Waals surface area (Å²) in [5, 5.41) is 0. The van der Waals surface area contributed by atoms with E-state index < -0.39 is 0 Å². The molecule has 0 fully saturated rings. The number of nitrogen functional groups attached to an aromatic ring is 1. The molecule has 0 bridgehead atoms. The number of imidazole rings is 1. The summed E-state index contributed by atoms with van der Waals surface area (Å²) in [6.45, 7) is 1.88. The number of aryl methyl sites for hydroxylation is 1. The minimum atomic E-state index is -0.0573. The first-order valence-corrected chi connectivity index (χ1v) is 5.62. The van der Waals surface area contributed by atoms with Gasteiger partial charge in [-0.15, -0.1) is 0 Å². The first-order chi connectivity index (χ1) is 8.50. The number of carbonyl (C=O) groups excluding carboxylic acids is 1. The predicted molar refractivity (Wildman–Crippen MR) is 70.7 cm³/mol. The second kappa shape index (κ2) is 4.52. The van der Waals surface area contributed by atoms with Crippen LogP contribution in [-0.4, -0.2) is 34.5 Å². The van der Waals surface area contributed by atoms with E-state index in [0.717, 1.165) is 11.5 Å². The monoisotopic (exact) mass is 244 g/mol. The van der Waals surface area contributed by atoms with Gasteiger partial charge in [0.2, 0.25) is 0 Å². The third-order valence-electron chi connectivity index (χ3n) is 2.74. The lowest BCUT2D eigenvalue weighted by Gasteiger charge is -2.16. The van der Waals surface area contributed by atoms with Crippen LogP contribution in [0.15, 0.2) is 30.6 Å². The molecule has 2 rings (SSSR count). The summed E-state index contributed by atoms with van der Waals surface area (Å²) < 4.78 is 1.85. The Morgan fingerprint density at radius 1 is 1.39 bits per heavy atom. The minimum Gasteiger partial charge on any atom is -0.399 e. The zero-order chi connectivity index (χ0) is 13.3. The van der Waals surface area contributed by atoms with E-state index in [1.165, 1.54) is 0 Å². The maximum absolute atomic E-state index is 12.1. The summed E-state index contributed by atoms with van der Waals surface area (Å²) in [7, 11) is 3.45. The molecule has 0 spiro atoms. The topological polar surface area (TPSA) is 64.2 Å². The highest BCUT2D eigenvalue weighted by molar-refractivity contribution is 5.98. The van der Waals surface area contributed by atoms with Gasteiger partial charge in [0.05, 0.1) is 11.3 Å². The number of amides is 1. The number of anilines is 1. The summed E-state index contributed by atoms with van der Waals surface area (Å²) in [4.78, 5) is 17.8. The lowest BCUT2D eigenvalue weighted by Crippen LogP contribution is -2.23. The Morgan fingerprint density at radius 3 is 2.67 bits per heavy atom. The molecule has 1 aromatic heterocycles. The minimum absolute atomic E-state index is 0.0573. The largest absolute Gasteiger partial charge is 0.399 e. The van der Waals surface area contributed by atoms with Crippen molar-refractivity contribution in [3.63, 3.8) is 0 Å².